The maximum absolute atomic E-state index is 10.7. The number of H-pyrrole nitrogens is 2. The summed E-state index contributed by atoms with van der Waals surface area (Å²) in [5.74, 6) is 0.576. The Labute approximate surface area is 79.4 Å². The van der Waals surface area contributed by atoms with Crippen molar-refractivity contribution in [1.29, 1.82) is 0 Å². The highest BCUT2D eigenvalue weighted by Crippen LogP contribution is 2.03. The van der Waals surface area contributed by atoms with E-state index in [2.05, 4.69) is 25.5 Å². The van der Waals surface area contributed by atoms with Gasteiger partial charge in [0.2, 0.25) is 0 Å². The van der Waals surface area contributed by atoms with Crippen LogP contribution in [0.2, 0.25) is 0 Å². The van der Waals surface area contributed by atoms with Gasteiger partial charge in [0.05, 0.1) is 6.54 Å². The van der Waals surface area contributed by atoms with Gasteiger partial charge in [-0.25, -0.2) is 9.89 Å². The molecule has 0 aliphatic heterocycles. The lowest BCUT2D eigenvalue weighted by Gasteiger charge is -2.01. The first kappa shape index (κ1) is 8.49. The molecule has 0 fully saturated rings. The number of nitrogens with zero attached hydrogens (tertiary/aromatic N) is 2. The van der Waals surface area contributed by atoms with Crippen molar-refractivity contribution in [3.05, 3.63) is 40.8 Å². The lowest BCUT2D eigenvalue weighted by Crippen LogP contribution is -2.04. The monoisotopic (exact) mass is 191 g/mol. The molecule has 0 saturated heterocycles. The van der Waals surface area contributed by atoms with Crippen LogP contribution in [0.4, 0.5) is 5.69 Å². The summed E-state index contributed by atoms with van der Waals surface area (Å²) < 4.78 is 0. The molecule has 0 saturated carbocycles. The average Bonchev–Trinajstić information content (AvgIpc) is 2.63. The highest BCUT2D eigenvalue weighted by Gasteiger charge is 1.96. The van der Waals surface area contributed by atoms with Crippen molar-refractivity contribution in [2.45, 2.75) is 6.54 Å². The second-order valence-corrected chi connectivity index (χ2v) is 2.71. The third-order valence-corrected chi connectivity index (χ3v) is 1.69. The summed E-state index contributed by atoms with van der Waals surface area (Å²) >= 11 is 0. The molecule has 72 valence electrons. The summed E-state index contributed by atoms with van der Waals surface area (Å²) in [4.78, 5) is 17.1. The van der Waals surface area contributed by atoms with Gasteiger partial charge in [0.25, 0.3) is 0 Å². The Balaban J connectivity index is 1.98. The number of aromatic amines is 2. The summed E-state index contributed by atoms with van der Waals surface area (Å²) in [6.45, 7) is 0.475. The zero-order valence-electron chi connectivity index (χ0n) is 7.32. The van der Waals surface area contributed by atoms with Crippen molar-refractivity contribution in [3.8, 4) is 0 Å². The van der Waals surface area contributed by atoms with Crippen LogP contribution in [0, 0.1) is 0 Å². The van der Waals surface area contributed by atoms with Gasteiger partial charge >= 0.3 is 5.69 Å². The molecule has 2 rings (SSSR count). The molecular formula is C8H9N5O. The summed E-state index contributed by atoms with van der Waals surface area (Å²) in [5.41, 5.74) is 0.639. The minimum Gasteiger partial charge on any atom is -0.378 e. The molecular weight excluding hydrogens is 182 g/mol. The minimum atomic E-state index is -0.295. The van der Waals surface area contributed by atoms with Gasteiger partial charge in [0.1, 0.15) is 5.82 Å². The van der Waals surface area contributed by atoms with Gasteiger partial charge in [-0.15, -0.1) is 0 Å². The largest absolute Gasteiger partial charge is 0.378 e. The van der Waals surface area contributed by atoms with E-state index in [4.69, 9.17) is 0 Å². The van der Waals surface area contributed by atoms with E-state index in [1.807, 2.05) is 12.1 Å². The lowest BCUT2D eigenvalue weighted by molar-refractivity contribution is 0.953. The highest BCUT2D eigenvalue weighted by atomic mass is 16.1. The van der Waals surface area contributed by atoms with E-state index in [9.17, 15) is 4.79 Å². The van der Waals surface area contributed by atoms with E-state index in [1.165, 1.54) is 0 Å². The Bertz CT molecular complexity index is 446. The van der Waals surface area contributed by atoms with Gasteiger partial charge in [0, 0.05) is 18.1 Å². The Kier molecular flexibility index (Phi) is 2.26. The highest BCUT2D eigenvalue weighted by molar-refractivity contribution is 5.40. The minimum absolute atomic E-state index is 0.295. The van der Waals surface area contributed by atoms with Crippen LogP contribution in [0.5, 0.6) is 0 Å². The van der Waals surface area contributed by atoms with Gasteiger partial charge in [0.15, 0.2) is 0 Å². The smallest absolute Gasteiger partial charge is 0.340 e. The fraction of sp³-hybridized carbons (Fsp3) is 0.125. The Morgan fingerprint density at radius 3 is 2.79 bits per heavy atom. The second-order valence-electron chi connectivity index (χ2n) is 2.71. The maximum atomic E-state index is 10.7. The molecule has 2 aromatic heterocycles. The third-order valence-electron chi connectivity index (χ3n) is 1.69. The fourth-order valence-corrected chi connectivity index (χ4v) is 1.04. The predicted octanol–water partition coefficient (Wildman–Crippen LogP) is 0.105. The molecule has 3 N–H and O–H groups in total. The summed E-state index contributed by atoms with van der Waals surface area (Å²) in [6, 6.07) is 3.68. The first-order valence-electron chi connectivity index (χ1n) is 4.12. The van der Waals surface area contributed by atoms with E-state index < -0.39 is 0 Å². The molecule has 6 heteroatoms. The number of rotatable bonds is 3. The molecule has 14 heavy (non-hydrogen) atoms. The van der Waals surface area contributed by atoms with Crippen LogP contribution in [0.3, 0.4) is 0 Å². The molecule has 6 nitrogen and oxygen atoms in total. The first-order valence-corrected chi connectivity index (χ1v) is 4.12. The quantitative estimate of drug-likeness (QED) is 0.642. The van der Waals surface area contributed by atoms with Crippen molar-refractivity contribution in [2.24, 2.45) is 0 Å². The lowest BCUT2D eigenvalue weighted by atomic mass is 10.4. The summed E-state index contributed by atoms with van der Waals surface area (Å²) in [6.07, 6.45) is 3.38. The van der Waals surface area contributed by atoms with Crippen molar-refractivity contribution in [2.75, 3.05) is 5.32 Å². The molecule has 0 aliphatic carbocycles. The van der Waals surface area contributed by atoms with Gasteiger partial charge in [-0.05, 0) is 12.1 Å². The molecule has 0 radical (unpaired) electrons. The molecule has 0 unspecified atom stereocenters. The maximum Gasteiger partial charge on any atom is 0.340 e. The molecule has 0 aromatic carbocycles. The van der Waals surface area contributed by atoms with Crippen LogP contribution in [-0.4, -0.2) is 20.2 Å². The summed E-state index contributed by atoms with van der Waals surface area (Å²) in [7, 11) is 0. The number of aromatic nitrogens is 4. The van der Waals surface area contributed by atoms with Crippen molar-refractivity contribution >= 4 is 5.69 Å². The number of hydrogen-bond acceptors (Lipinski definition) is 4. The topological polar surface area (TPSA) is 86.5 Å². The van der Waals surface area contributed by atoms with Crippen LogP contribution >= 0.6 is 0 Å². The van der Waals surface area contributed by atoms with E-state index in [1.54, 1.807) is 12.4 Å². The first-order chi connectivity index (χ1) is 6.84. The van der Waals surface area contributed by atoms with Crippen LogP contribution in [0.25, 0.3) is 0 Å². The molecule has 0 aliphatic rings. The zero-order valence-corrected chi connectivity index (χ0v) is 7.32. The molecule has 2 heterocycles. The number of pyridine rings is 1. The van der Waals surface area contributed by atoms with Gasteiger partial charge in [-0.3, -0.25) is 9.97 Å². The van der Waals surface area contributed by atoms with E-state index in [0.717, 1.165) is 5.69 Å². The van der Waals surface area contributed by atoms with Crippen molar-refractivity contribution in [3.63, 3.8) is 0 Å². The fourth-order valence-electron chi connectivity index (χ4n) is 1.04. The van der Waals surface area contributed by atoms with Crippen LogP contribution < -0.4 is 11.0 Å². The van der Waals surface area contributed by atoms with E-state index in [-0.39, 0.29) is 5.69 Å². The predicted molar refractivity (Wildman–Crippen MR) is 50.8 cm³/mol. The number of anilines is 1. The average molecular weight is 191 g/mol. The Hall–Kier alpha value is -2.11. The van der Waals surface area contributed by atoms with Crippen molar-refractivity contribution < 1.29 is 0 Å². The second kappa shape index (κ2) is 3.73. The molecule has 2 aromatic rings. The normalized spacial score (nSPS) is 10.0. The van der Waals surface area contributed by atoms with Crippen LogP contribution in [0.1, 0.15) is 5.82 Å². The number of hydrogen-bond donors (Lipinski definition) is 3. The van der Waals surface area contributed by atoms with Crippen LogP contribution in [0.15, 0.2) is 29.3 Å². The van der Waals surface area contributed by atoms with Crippen molar-refractivity contribution in [1.82, 2.24) is 20.2 Å². The van der Waals surface area contributed by atoms with E-state index in [0.29, 0.717) is 12.4 Å². The SMILES string of the molecule is O=c1[nH]nc(CNc2ccncc2)[nH]1. The molecule has 0 amide bonds. The molecule has 0 spiro atoms. The van der Waals surface area contributed by atoms with Gasteiger partial charge in [-0.1, -0.05) is 0 Å². The molecule has 0 bridgehead atoms. The Morgan fingerprint density at radius 1 is 1.36 bits per heavy atom. The van der Waals surface area contributed by atoms with Crippen LogP contribution in [-0.2, 0) is 6.54 Å². The zero-order chi connectivity index (χ0) is 9.80. The standard InChI is InChI=1S/C8H9N5O/c14-8-11-7(12-13-8)5-10-6-1-3-9-4-2-6/h1-4H,5H2,(H,9,10)(H2,11,12,13,14). The van der Waals surface area contributed by atoms with E-state index >= 15 is 0 Å². The van der Waals surface area contributed by atoms with Gasteiger partial charge < -0.3 is 5.32 Å². The van der Waals surface area contributed by atoms with Gasteiger partial charge in [-0.2, -0.15) is 5.10 Å². The third kappa shape index (κ3) is 1.98. The Morgan fingerprint density at radius 2 is 2.14 bits per heavy atom. The summed E-state index contributed by atoms with van der Waals surface area (Å²) in [5, 5.41) is 9.13. The molecule has 0 atom stereocenters. The number of nitrogens with one attached hydrogen (secondary N) is 3.